The third-order valence-electron chi connectivity index (χ3n) is 7.51. The Hall–Kier alpha value is -2.97. The summed E-state index contributed by atoms with van der Waals surface area (Å²) in [6, 6.07) is 11.7. The van der Waals surface area contributed by atoms with Crippen LogP contribution in [0.2, 0.25) is 0 Å². The number of nitrogens with one attached hydrogen (secondary N) is 2. The normalized spacial score (nSPS) is 20.1. The van der Waals surface area contributed by atoms with Gasteiger partial charge in [-0.2, -0.15) is 0 Å². The average molecular weight is 493 g/mol. The number of hydrogen-bond acceptors (Lipinski definition) is 6. The van der Waals surface area contributed by atoms with Gasteiger partial charge in [0, 0.05) is 51.2 Å². The number of aryl methyl sites for hydroxylation is 2. The zero-order valence-corrected chi connectivity index (χ0v) is 21.9. The van der Waals surface area contributed by atoms with Crippen molar-refractivity contribution >= 4 is 23.3 Å². The highest BCUT2D eigenvalue weighted by atomic mass is 16.2. The second-order valence-electron chi connectivity index (χ2n) is 10.2. The molecular weight excluding hydrogens is 452 g/mol. The topological polar surface area (TPSA) is 80.8 Å². The number of pyridine rings is 1. The largest absolute Gasteiger partial charge is 0.354 e. The predicted octanol–water partition coefficient (Wildman–Crippen LogP) is 2.68. The molecule has 2 N–H and O–H groups in total. The van der Waals surface area contributed by atoms with Crippen molar-refractivity contribution in [2.24, 2.45) is 5.92 Å². The number of likely N-dealkylation sites (tertiary alicyclic amines) is 1. The first-order chi connectivity index (χ1) is 17.4. The Kier molecular flexibility index (Phi) is 8.93. The molecule has 1 aromatic carbocycles. The van der Waals surface area contributed by atoms with Crippen LogP contribution in [-0.4, -0.2) is 85.0 Å². The maximum Gasteiger partial charge on any atom is 0.243 e. The molecule has 8 heteroatoms. The molecule has 1 aromatic heterocycles. The highest BCUT2D eigenvalue weighted by molar-refractivity contribution is 5.96. The Bertz CT molecular complexity index is 1000. The Morgan fingerprint density at radius 2 is 1.78 bits per heavy atom. The number of hydrogen-bond donors (Lipinski definition) is 2. The summed E-state index contributed by atoms with van der Waals surface area (Å²) in [6.45, 7) is 12.9. The maximum atomic E-state index is 12.8. The fourth-order valence-electron chi connectivity index (χ4n) is 5.34. The van der Waals surface area contributed by atoms with Crippen molar-refractivity contribution in [2.45, 2.75) is 39.7 Å². The number of piperidine rings is 1. The fraction of sp³-hybridized carbons (Fsp3) is 0.536. The Morgan fingerprint density at radius 1 is 1.03 bits per heavy atom. The minimum absolute atomic E-state index is 0.0191. The molecule has 0 bridgehead atoms. The van der Waals surface area contributed by atoms with Crippen LogP contribution in [0.1, 0.15) is 30.9 Å². The number of carbonyl (C=O) groups excluding carboxylic acids is 2. The Balaban J connectivity index is 1.20. The number of para-hydroxylation sites is 1. The molecular formula is C28H40N6O2. The first kappa shape index (κ1) is 26.1. The van der Waals surface area contributed by atoms with Crippen molar-refractivity contribution in [3.8, 4) is 0 Å². The van der Waals surface area contributed by atoms with Gasteiger partial charge in [0.15, 0.2) is 0 Å². The molecule has 2 atom stereocenters. The zero-order valence-electron chi connectivity index (χ0n) is 21.9. The van der Waals surface area contributed by atoms with E-state index < -0.39 is 0 Å². The summed E-state index contributed by atoms with van der Waals surface area (Å²) in [5.41, 5.74) is 2.85. The molecule has 8 nitrogen and oxygen atoms in total. The molecule has 2 aromatic rings. The maximum absolute atomic E-state index is 12.8. The molecule has 2 unspecified atom stereocenters. The monoisotopic (exact) mass is 492 g/mol. The fourth-order valence-corrected chi connectivity index (χ4v) is 5.34. The number of rotatable bonds is 8. The van der Waals surface area contributed by atoms with Crippen LogP contribution in [0, 0.1) is 19.8 Å². The van der Waals surface area contributed by atoms with Crippen molar-refractivity contribution in [3.63, 3.8) is 0 Å². The third-order valence-corrected chi connectivity index (χ3v) is 7.51. The smallest absolute Gasteiger partial charge is 0.243 e. The zero-order chi connectivity index (χ0) is 25.5. The summed E-state index contributed by atoms with van der Waals surface area (Å²) in [5.74, 6) is 1.33. The lowest BCUT2D eigenvalue weighted by Gasteiger charge is -2.40. The molecule has 2 amide bonds. The lowest BCUT2D eigenvalue weighted by Crippen LogP contribution is -2.53. The standard InChI is InChI=1S/C28H40N6O2/c1-21-8-6-9-22(2)27(21)31-26(35)18-30-28(36)23(3)34-13-7-10-24(20-34)19-32-14-16-33(17-15-32)25-11-4-5-12-29-25/h4-6,8-9,11-12,23-24H,7,10,13-20H2,1-3H3,(H,30,36)(H,31,35). The van der Waals surface area contributed by atoms with Crippen LogP contribution in [0.5, 0.6) is 0 Å². The minimum atomic E-state index is -0.248. The van der Waals surface area contributed by atoms with E-state index in [2.05, 4.69) is 36.4 Å². The van der Waals surface area contributed by atoms with Crippen molar-refractivity contribution in [2.75, 3.05) is 62.6 Å². The van der Waals surface area contributed by atoms with Gasteiger partial charge in [0.25, 0.3) is 0 Å². The van der Waals surface area contributed by atoms with Gasteiger partial charge in [-0.1, -0.05) is 24.3 Å². The molecule has 0 aliphatic carbocycles. The number of amides is 2. The van der Waals surface area contributed by atoms with Gasteiger partial charge in [-0.25, -0.2) is 4.98 Å². The van der Waals surface area contributed by atoms with E-state index in [4.69, 9.17) is 0 Å². The Labute approximate surface area is 215 Å². The predicted molar refractivity (Wildman–Crippen MR) is 144 cm³/mol. The molecule has 194 valence electrons. The second-order valence-corrected chi connectivity index (χ2v) is 10.2. The van der Waals surface area contributed by atoms with Crippen LogP contribution in [-0.2, 0) is 9.59 Å². The highest BCUT2D eigenvalue weighted by Crippen LogP contribution is 2.22. The number of nitrogens with zero attached hydrogens (tertiary/aromatic N) is 4. The summed E-state index contributed by atoms with van der Waals surface area (Å²) >= 11 is 0. The molecule has 2 aliphatic heterocycles. The van der Waals surface area contributed by atoms with Crippen LogP contribution >= 0.6 is 0 Å². The van der Waals surface area contributed by atoms with Crippen LogP contribution in [0.15, 0.2) is 42.6 Å². The van der Waals surface area contributed by atoms with E-state index in [0.717, 1.165) is 74.9 Å². The molecule has 2 saturated heterocycles. The lowest BCUT2D eigenvalue weighted by molar-refractivity contribution is -0.128. The number of aromatic nitrogens is 1. The van der Waals surface area contributed by atoms with E-state index in [1.165, 1.54) is 6.42 Å². The van der Waals surface area contributed by atoms with Crippen LogP contribution in [0.4, 0.5) is 11.5 Å². The summed E-state index contributed by atoms with van der Waals surface area (Å²) in [7, 11) is 0. The van der Waals surface area contributed by atoms with Crippen molar-refractivity contribution in [1.82, 2.24) is 20.1 Å². The first-order valence-electron chi connectivity index (χ1n) is 13.2. The van der Waals surface area contributed by atoms with Gasteiger partial charge in [-0.15, -0.1) is 0 Å². The molecule has 3 heterocycles. The first-order valence-corrected chi connectivity index (χ1v) is 13.2. The molecule has 2 fully saturated rings. The van der Waals surface area contributed by atoms with E-state index in [0.29, 0.717) is 5.92 Å². The van der Waals surface area contributed by atoms with Crippen molar-refractivity contribution in [1.29, 1.82) is 0 Å². The number of anilines is 2. The summed E-state index contributed by atoms with van der Waals surface area (Å²) in [5, 5.41) is 5.78. The minimum Gasteiger partial charge on any atom is -0.354 e. The molecule has 4 rings (SSSR count). The quantitative estimate of drug-likeness (QED) is 0.590. The van der Waals surface area contributed by atoms with E-state index in [9.17, 15) is 9.59 Å². The third kappa shape index (κ3) is 6.83. The van der Waals surface area contributed by atoms with Gasteiger partial charge in [-0.05, 0) is 69.3 Å². The molecule has 36 heavy (non-hydrogen) atoms. The van der Waals surface area contributed by atoms with Gasteiger partial charge >= 0.3 is 0 Å². The van der Waals surface area contributed by atoms with E-state index in [1.54, 1.807) is 0 Å². The summed E-state index contributed by atoms with van der Waals surface area (Å²) in [6.07, 6.45) is 4.15. The lowest BCUT2D eigenvalue weighted by atomic mass is 9.95. The average Bonchev–Trinajstić information content (AvgIpc) is 2.90. The number of benzene rings is 1. The van der Waals surface area contributed by atoms with Gasteiger partial charge in [0.1, 0.15) is 5.82 Å². The van der Waals surface area contributed by atoms with Crippen LogP contribution in [0.25, 0.3) is 0 Å². The van der Waals surface area contributed by atoms with Gasteiger partial charge in [-0.3, -0.25) is 19.4 Å². The van der Waals surface area contributed by atoms with E-state index in [-0.39, 0.29) is 24.4 Å². The van der Waals surface area contributed by atoms with Gasteiger partial charge in [0.05, 0.1) is 12.6 Å². The molecule has 2 aliphatic rings. The van der Waals surface area contributed by atoms with Crippen LogP contribution in [0.3, 0.4) is 0 Å². The Morgan fingerprint density at radius 3 is 2.47 bits per heavy atom. The van der Waals surface area contributed by atoms with Gasteiger partial charge < -0.3 is 15.5 Å². The molecule has 0 radical (unpaired) electrons. The van der Waals surface area contributed by atoms with E-state index in [1.807, 2.05) is 57.3 Å². The number of carbonyl (C=O) groups is 2. The molecule has 0 saturated carbocycles. The summed E-state index contributed by atoms with van der Waals surface area (Å²) < 4.78 is 0. The second kappa shape index (κ2) is 12.3. The number of piperazine rings is 1. The highest BCUT2D eigenvalue weighted by Gasteiger charge is 2.29. The summed E-state index contributed by atoms with van der Waals surface area (Å²) in [4.78, 5) is 37.0. The van der Waals surface area contributed by atoms with Crippen molar-refractivity contribution < 1.29 is 9.59 Å². The molecule has 0 spiro atoms. The van der Waals surface area contributed by atoms with Crippen molar-refractivity contribution in [3.05, 3.63) is 53.7 Å². The SMILES string of the molecule is Cc1cccc(C)c1NC(=O)CNC(=O)C(C)N1CCCC(CN2CCN(c3ccccn3)CC2)C1. The van der Waals surface area contributed by atoms with Crippen LogP contribution < -0.4 is 15.5 Å². The van der Waals surface area contributed by atoms with Gasteiger partial charge in [0.2, 0.25) is 11.8 Å². The van der Waals surface area contributed by atoms with E-state index >= 15 is 0 Å².